The van der Waals surface area contributed by atoms with Gasteiger partial charge in [-0.2, -0.15) is 0 Å². The summed E-state index contributed by atoms with van der Waals surface area (Å²) in [6.07, 6.45) is 4.31. The molecule has 2 heterocycles. The molecule has 0 unspecified atom stereocenters. The summed E-state index contributed by atoms with van der Waals surface area (Å²) in [5.74, 6) is 0.636. The number of rotatable bonds is 5. The molecule has 0 spiro atoms. The van der Waals surface area contributed by atoms with E-state index in [1.54, 1.807) is 23.7 Å². The average molecular weight is 361 g/mol. The van der Waals surface area contributed by atoms with Crippen LogP contribution in [0.25, 0.3) is 10.6 Å². The molecule has 0 saturated heterocycles. The van der Waals surface area contributed by atoms with Crippen LogP contribution in [0.1, 0.15) is 5.69 Å². The van der Waals surface area contributed by atoms with Gasteiger partial charge in [0, 0.05) is 36.3 Å². The quantitative estimate of drug-likeness (QED) is 0.746. The minimum absolute atomic E-state index is 0.636. The molecule has 1 N–H and O–H groups in total. The Morgan fingerprint density at radius 3 is 2.62 bits per heavy atom. The molecule has 106 valence electrons. The van der Waals surface area contributed by atoms with E-state index in [-0.39, 0.29) is 0 Å². The van der Waals surface area contributed by atoms with Crippen LogP contribution >= 0.6 is 27.3 Å². The number of halogens is 1. The maximum absolute atomic E-state index is 4.66. The Hall–Kier alpha value is -1.79. The van der Waals surface area contributed by atoms with Gasteiger partial charge in [0.1, 0.15) is 5.01 Å². The SMILES string of the molecule is Brc1cnc(NCCc2csc(-c3ccccc3)n2)nc1. The monoisotopic (exact) mass is 360 g/mol. The zero-order valence-electron chi connectivity index (χ0n) is 11.2. The van der Waals surface area contributed by atoms with Crippen molar-refractivity contribution in [1.82, 2.24) is 15.0 Å². The van der Waals surface area contributed by atoms with E-state index >= 15 is 0 Å². The summed E-state index contributed by atoms with van der Waals surface area (Å²) in [6, 6.07) is 10.2. The number of hydrogen-bond acceptors (Lipinski definition) is 5. The fraction of sp³-hybridized carbons (Fsp3) is 0.133. The first-order valence-corrected chi connectivity index (χ1v) is 8.20. The number of nitrogens with zero attached hydrogens (tertiary/aromatic N) is 3. The van der Waals surface area contributed by atoms with Crippen molar-refractivity contribution in [3.63, 3.8) is 0 Å². The second kappa shape index (κ2) is 6.78. The van der Waals surface area contributed by atoms with E-state index in [0.717, 1.165) is 33.7 Å². The largest absolute Gasteiger partial charge is 0.354 e. The maximum atomic E-state index is 4.66. The van der Waals surface area contributed by atoms with Crippen LogP contribution in [0.2, 0.25) is 0 Å². The number of anilines is 1. The van der Waals surface area contributed by atoms with Gasteiger partial charge in [-0.25, -0.2) is 15.0 Å². The number of nitrogens with one attached hydrogen (secondary N) is 1. The third-order valence-corrected chi connectivity index (χ3v) is 4.21. The van der Waals surface area contributed by atoms with Gasteiger partial charge in [-0.05, 0) is 15.9 Å². The first-order chi connectivity index (χ1) is 10.3. The Bertz CT molecular complexity index is 697. The lowest BCUT2D eigenvalue weighted by atomic mass is 10.2. The summed E-state index contributed by atoms with van der Waals surface area (Å²) in [6.45, 7) is 0.763. The van der Waals surface area contributed by atoms with E-state index in [0.29, 0.717) is 5.95 Å². The Morgan fingerprint density at radius 2 is 1.86 bits per heavy atom. The standard InChI is InChI=1S/C15H13BrN4S/c16-12-8-18-15(19-9-12)17-7-6-13-10-21-14(20-13)11-4-2-1-3-5-11/h1-5,8-10H,6-7H2,(H,17,18,19). The molecule has 0 amide bonds. The molecule has 4 nitrogen and oxygen atoms in total. The summed E-state index contributed by atoms with van der Waals surface area (Å²) in [4.78, 5) is 13.0. The fourth-order valence-electron chi connectivity index (χ4n) is 1.84. The summed E-state index contributed by atoms with van der Waals surface area (Å²) in [7, 11) is 0. The summed E-state index contributed by atoms with van der Waals surface area (Å²) in [5, 5.41) is 6.36. The van der Waals surface area contributed by atoms with E-state index in [4.69, 9.17) is 0 Å². The van der Waals surface area contributed by atoms with Crippen molar-refractivity contribution >= 4 is 33.2 Å². The van der Waals surface area contributed by atoms with Crippen LogP contribution in [-0.4, -0.2) is 21.5 Å². The lowest BCUT2D eigenvalue weighted by Gasteiger charge is -2.02. The minimum Gasteiger partial charge on any atom is -0.354 e. The average Bonchev–Trinajstić information content (AvgIpc) is 2.99. The van der Waals surface area contributed by atoms with Crippen molar-refractivity contribution in [3.8, 4) is 10.6 Å². The second-order valence-corrected chi connectivity index (χ2v) is 6.19. The smallest absolute Gasteiger partial charge is 0.222 e. The molecule has 0 aliphatic carbocycles. The summed E-state index contributed by atoms with van der Waals surface area (Å²) < 4.78 is 0.875. The van der Waals surface area contributed by atoms with Crippen molar-refractivity contribution < 1.29 is 0 Å². The molecule has 0 atom stereocenters. The molecule has 0 radical (unpaired) electrons. The molecule has 0 aliphatic heterocycles. The first-order valence-electron chi connectivity index (χ1n) is 6.52. The third-order valence-electron chi connectivity index (χ3n) is 2.86. The number of benzene rings is 1. The Balaban J connectivity index is 1.57. The van der Waals surface area contributed by atoms with Gasteiger partial charge in [0.2, 0.25) is 5.95 Å². The molecular weight excluding hydrogens is 348 g/mol. The van der Waals surface area contributed by atoms with Gasteiger partial charge in [-0.3, -0.25) is 0 Å². The van der Waals surface area contributed by atoms with Crippen LogP contribution < -0.4 is 5.32 Å². The van der Waals surface area contributed by atoms with E-state index < -0.39 is 0 Å². The molecule has 0 fully saturated rings. The summed E-state index contributed by atoms with van der Waals surface area (Å²) in [5.41, 5.74) is 2.25. The normalized spacial score (nSPS) is 10.5. The van der Waals surface area contributed by atoms with Gasteiger partial charge in [-0.1, -0.05) is 30.3 Å². The lowest BCUT2D eigenvalue weighted by molar-refractivity contribution is 0.953. The van der Waals surface area contributed by atoms with Gasteiger partial charge in [0.15, 0.2) is 0 Å². The van der Waals surface area contributed by atoms with E-state index in [1.807, 2.05) is 18.2 Å². The number of hydrogen-bond donors (Lipinski definition) is 1. The molecule has 21 heavy (non-hydrogen) atoms. The highest BCUT2D eigenvalue weighted by atomic mass is 79.9. The van der Waals surface area contributed by atoms with Gasteiger partial charge < -0.3 is 5.32 Å². The molecular formula is C15H13BrN4S. The number of thiazole rings is 1. The molecule has 0 bridgehead atoms. The second-order valence-electron chi connectivity index (χ2n) is 4.41. The van der Waals surface area contributed by atoms with Crippen molar-refractivity contribution in [1.29, 1.82) is 0 Å². The Morgan fingerprint density at radius 1 is 1.10 bits per heavy atom. The Labute approximate surface area is 135 Å². The zero-order chi connectivity index (χ0) is 14.5. The molecule has 3 rings (SSSR count). The van der Waals surface area contributed by atoms with E-state index in [2.05, 4.69) is 53.7 Å². The van der Waals surface area contributed by atoms with Gasteiger partial charge >= 0.3 is 0 Å². The third kappa shape index (κ3) is 3.86. The Kier molecular flexibility index (Phi) is 4.57. The van der Waals surface area contributed by atoms with Crippen LogP contribution in [0.5, 0.6) is 0 Å². The van der Waals surface area contributed by atoms with Gasteiger partial charge in [-0.15, -0.1) is 11.3 Å². The first kappa shape index (κ1) is 14.2. The fourth-order valence-corrected chi connectivity index (χ4v) is 2.91. The minimum atomic E-state index is 0.636. The molecule has 0 saturated carbocycles. The van der Waals surface area contributed by atoms with E-state index in [9.17, 15) is 0 Å². The molecule has 3 aromatic rings. The zero-order valence-corrected chi connectivity index (χ0v) is 13.6. The summed E-state index contributed by atoms with van der Waals surface area (Å²) >= 11 is 4.99. The highest BCUT2D eigenvalue weighted by molar-refractivity contribution is 9.10. The molecule has 2 aromatic heterocycles. The predicted octanol–water partition coefficient (Wildman–Crippen LogP) is 4.02. The van der Waals surface area contributed by atoms with Crippen molar-refractivity contribution in [3.05, 3.63) is 58.3 Å². The van der Waals surface area contributed by atoms with Crippen LogP contribution in [0.3, 0.4) is 0 Å². The van der Waals surface area contributed by atoms with E-state index in [1.165, 1.54) is 0 Å². The van der Waals surface area contributed by atoms with Crippen molar-refractivity contribution in [2.75, 3.05) is 11.9 Å². The van der Waals surface area contributed by atoms with Crippen LogP contribution in [0.4, 0.5) is 5.95 Å². The van der Waals surface area contributed by atoms with Gasteiger partial charge in [0.05, 0.1) is 10.2 Å². The highest BCUT2D eigenvalue weighted by Gasteiger charge is 2.04. The van der Waals surface area contributed by atoms with Crippen molar-refractivity contribution in [2.45, 2.75) is 6.42 Å². The lowest BCUT2D eigenvalue weighted by Crippen LogP contribution is -2.07. The molecule has 0 aliphatic rings. The van der Waals surface area contributed by atoms with Gasteiger partial charge in [0.25, 0.3) is 0 Å². The van der Waals surface area contributed by atoms with Crippen LogP contribution in [0.15, 0.2) is 52.6 Å². The number of aromatic nitrogens is 3. The molecule has 6 heteroatoms. The topological polar surface area (TPSA) is 50.7 Å². The highest BCUT2D eigenvalue weighted by Crippen LogP contribution is 2.23. The maximum Gasteiger partial charge on any atom is 0.222 e. The molecule has 1 aromatic carbocycles. The predicted molar refractivity (Wildman–Crippen MR) is 89.5 cm³/mol. The van der Waals surface area contributed by atoms with Crippen LogP contribution in [-0.2, 0) is 6.42 Å². The van der Waals surface area contributed by atoms with Crippen LogP contribution in [0, 0.1) is 0 Å². The van der Waals surface area contributed by atoms with Crippen molar-refractivity contribution in [2.24, 2.45) is 0 Å².